The molecule has 4 heterocycles. The van der Waals surface area contributed by atoms with E-state index in [1.807, 2.05) is 86.1 Å². The minimum absolute atomic E-state index is 0.0319. The zero-order chi connectivity index (χ0) is 26.4. The van der Waals surface area contributed by atoms with Crippen LogP contribution in [0.15, 0.2) is 78.8 Å². The minimum atomic E-state index is 0.0319. The van der Waals surface area contributed by atoms with Gasteiger partial charge in [0.1, 0.15) is 23.5 Å². The number of nitrogens with two attached hydrogens (primary N) is 1. The zero-order valence-corrected chi connectivity index (χ0v) is 21.2. The molecule has 1 amide bonds. The van der Waals surface area contributed by atoms with Crippen molar-refractivity contribution in [3.05, 3.63) is 84.5 Å². The average Bonchev–Trinajstić information content (AvgIpc) is 3.41. The summed E-state index contributed by atoms with van der Waals surface area (Å²) in [5, 5.41) is 0.777. The molecular weight excluding hydrogens is 478 g/mol. The number of benzene rings is 2. The van der Waals surface area contributed by atoms with Gasteiger partial charge in [-0.3, -0.25) is 4.79 Å². The number of aromatic nitrogens is 5. The molecule has 3 aromatic heterocycles. The molecule has 0 saturated carbocycles. The maximum absolute atomic E-state index is 12.5. The average molecular weight is 504 g/mol. The van der Waals surface area contributed by atoms with Crippen LogP contribution in [-0.4, -0.2) is 37.0 Å². The molecule has 2 N–H and O–H groups in total. The second kappa shape index (κ2) is 9.11. The van der Waals surface area contributed by atoms with Gasteiger partial charge in [0, 0.05) is 42.3 Å². The molecule has 0 unspecified atom stereocenters. The molecule has 9 nitrogen and oxygen atoms in total. The van der Waals surface area contributed by atoms with Crippen LogP contribution in [0.25, 0.3) is 33.4 Å². The van der Waals surface area contributed by atoms with Crippen molar-refractivity contribution in [1.82, 2.24) is 24.5 Å². The number of fused-ring (bicyclic) bond motifs is 1. The molecule has 1 aliphatic rings. The Kier molecular flexibility index (Phi) is 5.60. The normalized spacial score (nSPS) is 13.3. The van der Waals surface area contributed by atoms with Crippen LogP contribution in [0.2, 0.25) is 0 Å². The summed E-state index contributed by atoms with van der Waals surface area (Å²) < 4.78 is 7.87. The summed E-state index contributed by atoms with van der Waals surface area (Å²) in [6.45, 7) is 4.31. The van der Waals surface area contributed by atoms with Gasteiger partial charge in [0.15, 0.2) is 0 Å². The summed E-state index contributed by atoms with van der Waals surface area (Å²) in [7, 11) is 1.96. The highest BCUT2D eigenvalue weighted by atomic mass is 16.5. The molecule has 1 aliphatic heterocycles. The number of nitrogens with zero attached hydrogens (tertiary/aromatic N) is 6. The summed E-state index contributed by atoms with van der Waals surface area (Å²) in [5.41, 5.74) is 13.3. The van der Waals surface area contributed by atoms with Gasteiger partial charge in [-0.1, -0.05) is 30.3 Å². The van der Waals surface area contributed by atoms with E-state index in [0.717, 1.165) is 50.4 Å². The first-order valence-electron chi connectivity index (χ1n) is 12.2. The van der Waals surface area contributed by atoms with Gasteiger partial charge in [0.2, 0.25) is 0 Å². The number of nitrogen functional groups attached to an aromatic ring is 1. The fourth-order valence-corrected chi connectivity index (χ4v) is 4.80. The highest BCUT2D eigenvalue weighted by molar-refractivity contribution is 6.09. The molecule has 0 spiro atoms. The number of hydrogen-bond donors (Lipinski definition) is 1. The molecule has 0 bridgehead atoms. The Morgan fingerprint density at radius 1 is 0.921 bits per heavy atom. The second-order valence-corrected chi connectivity index (χ2v) is 9.20. The highest BCUT2D eigenvalue weighted by Crippen LogP contribution is 2.42. The molecule has 9 heteroatoms. The predicted octanol–water partition coefficient (Wildman–Crippen LogP) is 5.07. The second-order valence-electron chi connectivity index (χ2n) is 9.20. The van der Waals surface area contributed by atoms with E-state index in [1.165, 1.54) is 6.33 Å². The van der Waals surface area contributed by atoms with Gasteiger partial charge in [-0.25, -0.2) is 19.9 Å². The van der Waals surface area contributed by atoms with Gasteiger partial charge in [0.05, 0.1) is 11.1 Å². The van der Waals surface area contributed by atoms with E-state index in [9.17, 15) is 4.79 Å². The summed E-state index contributed by atoms with van der Waals surface area (Å²) in [5.74, 6) is 1.06. The largest absolute Gasteiger partial charge is 0.424 e. The van der Waals surface area contributed by atoms with Crippen molar-refractivity contribution in [3.63, 3.8) is 0 Å². The van der Waals surface area contributed by atoms with Gasteiger partial charge in [-0.2, -0.15) is 0 Å². The molecule has 0 saturated heterocycles. The Labute approximate surface area is 219 Å². The fourth-order valence-electron chi connectivity index (χ4n) is 4.80. The monoisotopic (exact) mass is 503 g/mol. The Morgan fingerprint density at radius 3 is 2.34 bits per heavy atom. The lowest BCUT2D eigenvalue weighted by Crippen LogP contribution is -2.25. The molecule has 188 valence electrons. The number of rotatable bonds is 5. The lowest BCUT2D eigenvalue weighted by atomic mass is 9.98. The van der Waals surface area contributed by atoms with Crippen LogP contribution in [0.5, 0.6) is 11.8 Å². The SMILES string of the molecule is CC1=CCN(c2ccc(-c3c(-c4ccc(Oc5nccc(C)n5)cc4)c4c(N)ncnc4n3C)cc2)C1=O. The lowest BCUT2D eigenvalue weighted by molar-refractivity contribution is -0.114. The third kappa shape index (κ3) is 3.94. The van der Waals surface area contributed by atoms with Crippen LogP contribution < -0.4 is 15.4 Å². The Hall–Kier alpha value is -5.05. The smallest absolute Gasteiger partial charge is 0.322 e. The first-order valence-corrected chi connectivity index (χ1v) is 12.2. The molecule has 0 aliphatic carbocycles. The number of amides is 1. The molecule has 2 aromatic carbocycles. The molecule has 0 atom stereocenters. The summed E-state index contributed by atoms with van der Waals surface area (Å²) >= 11 is 0. The molecule has 38 heavy (non-hydrogen) atoms. The Balaban J connectivity index is 1.42. The van der Waals surface area contributed by atoms with E-state index in [1.54, 1.807) is 11.1 Å². The third-order valence-electron chi connectivity index (χ3n) is 6.74. The van der Waals surface area contributed by atoms with Gasteiger partial charge in [-0.05, 0) is 55.3 Å². The van der Waals surface area contributed by atoms with Crippen molar-refractivity contribution in [2.75, 3.05) is 17.2 Å². The lowest BCUT2D eigenvalue weighted by Gasteiger charge is -2.17. The van der Waals surface area contributed by atoms with E-state index in [0.29, 0.717) is 24.1 Å². The number of hydrogen-bond acceptors (Lipinski definition) is 7. The third-order valence-corrected chi connectivity index (χ3v) is 6.74. The van der Waals surface area contributed by atoms with E-state index in [2.05, 4.69) is 19.9 Å². The fraction of sp³-hybridized carbons (Fsp3) is 0.138. The van der Waals surface area contributed by atoms with E-state index in [-0.39, 0.29) is 5.91 Å². The van der Waals surface area contributed by atoms with E-state index < -0.39 is 0 Å². The molecule has 0 radical (unpaired) electrons. The minimum Gasteiger partial charge on any atom is -0.424 e. The number of anilines is 2. The van der Waals surface area contributed by atoms with Crippen molar-refractivity contribution in [2.45, 2.75) is 13.8 Å². The first-order chi connectivity index (χ1) is 18.4. The zero-order valence-electron chi connectivity index (χ0n) is 21.2. The quantitative estimate of drug-likeness (QED) is 0.356. The summed E-state index contributed by atoms with van der Waals surface area (Å²) in [6, 6.07) is 17.8. The Bertz CT molecular complexity index is 1720. The van der Waals surface area contributed by atoms with Gasteiger partial charge in [0.25, 0.3) is 5.91 Å². The van der Waals surface area contributed by atoms with Crippen LogP contribution in [0, 0.1) is 6.92 Å². The number of ether oxygens (including phenoxy) is 1. The molecule has 6 rings (SSSR count). The van der Waals surface area contributed by atoms with Crippen LogP contribution in [0.4, 0.5) is 11.5 Å². The van der Waals surface area contributed by atoms with E-state index in [4.69, 9.17) is 10.5 Å². The topological polar surface area (TPSA) is 112 Å². The molecular formula is C29H25N7O2. The van der Waals surface area contributed by atoms with Crippen molar-refractivity contribution >= 4 is 28.4 Å². The Morgan fingerprint density at radius 2 is 1.66 bits per heavy atom. The predicted molar refractivity (Wildman–Crippen MR) is 147 cm³/mol. The van der Waals surface area contributed by atoms with Gasteiger partial charge < -0.3 is 19.9 Å². The standard InChI is InChI=1S/C29H25N7O2/c1-17-13-15-36(28(17)37)21-8-4-20(5-9-21)25-23(24-26(30)32-16-33-27(24)35(25)3)19-6-10-22(11-7-19)38-29-31-14-12-18(2)34-29/h4-14,16H,15H2,1-3H3,(H2,30,32,33). The first kappa shape index (κ1) is 23.4. The van der Waals surface area contributed by atoms with Crippen molar-refractivity contribution < 1.29 is 9.53 Å². The van der Waals surface area contributed by atoms with Crippen LogP contribution in [0.3, 0.4) is 0 Å². The van der Waals surface area contributed by atoms with Gasteiger partial charge in [-0.15, -0.1) is 0 Å². The number of carbonyl (C=O) groups is 1. The van der Waals surface area contributed by atoms with Crippen LogP contribution >= 0.6 is 0 Å². The van der Waals surface area contributed by atoms with Crippen molar-refractivity contribution in [1.29, 1.82) is 0 Å². The maximum Gasteiger partial charge on any atom is 0.322 e. The van der Waals surface area contributed by atoms with Crippen molar-refractivity contribution in [2.24, 2.45) is 7.05 Å². The van der Waals surface area contributed by atoms with Crippen molar-refractivity contribution in [3.8, 4) is 34.1 Å². The molecule has 0 fully saturated rings. The summed E-state index contributed by atoms with van der Waals surface area (Å²) in [6.07, 6.45) is 5.08. The number of aryl methyl sites for hydroxylation is 2. The summed E-state index contributed by atoms with van der Waals surface area (Å²) in [4.78, 5) is 31.5. The highest BCUT2D eigenvalue weighted by Gasteiger charge is 2.24. The molecule has 5 aromatic rings. The maximum atomic E-state index is 12.5. The van der Waals surface area contributed by atoms with Crippen LogP contribution in [0.1, 0.15) is 12.6 Å². The van der Waals surface area contributed by atoms with E-state index >= 15 is 0 Å². The van der Waals surface area contributed by atoms with Crippen LogP contribution in [-0.2, 0) is 11.8 Å². The van der Waals surface area contributed by atoms with Gasteiger partial charge >= 0.3 is 6.01 Å². The number of carbonyl (C=O) groups excluding carboxylic acids is 1.